The van der Waals surface area contributed by atoms with E-state index in [0.717, 1.165) is 43.3 Å². The number of nitrogens with zero attached hydrogens (tertiary/aromatic N) is 4. The van der Waals surface area contributed by atoms with Crippen LogP contribution in [0.3, 0.4) is 0 Å². The van der Waals surface area contributed by atoms with E-state index in [9.17, 15) is 0 Å². The van der Waals surface area contributed by atoms with Gasteiger partial charge in [0.05, 0.1) is 0 Å². The first-order valence-electron chi connectivity index (χ1n) is 6.59. The molecule has 2 heterocycles. The highest BCUT2D eigenvalue weighted by atomic mass is 15.3. The minimum absolute atomic E-state index is 0.445. The summed E-state index contributed by atoms with van der Waals surface area (Å²) in [6.07, 6.45) is 3.01. The second-order valence-corrected chi connectivity index (χ2v) is 5.14. The molecule has 2 N–H and O–H groups in total. The van der Waals surface area contributed by atoms with Crippen LogP contribution in [-0.2, 0) is 6.54 Å². The maximum Gasteiger partial charge on any atom is 0.225 e. The number of hydrogen-bond donors (Lipinski definition) is 1. The number of hydrogen-bond acceptors (Lipinski definition) is 5. The number of likely N-dealkylation sites (N-methyl/N-ethyl adjacent to an activating group) is 1. The van der Waals surface area contributed by atoms with Gasteiger partial charge in [0.15, 0.2) is 0 Å². The van der Waals surface area contributed by atoms with Gasteiger partial charge in [-0.05, 0) is 33.9 Å². The van der Waals surface area contributed by atoms with Crippen LogP contribution in [0.5, 0.6) is 0 Å². The summed E-state index contributed by atoms with van der Waals surface area (Å²) in [5.41, 5.74) is 7.67. The normalized spacial score (nSPS) is 22.0. The predicted molar refractivity (Wildman–Crippen MR) is 73.6 cm³/mol. The lowest BCUT2D eigenvalue weighted by Gasteiger charge is -2.28. The van der Waals surface area contributed by atoms with Crippen LogP contribution in [0.2, 0.25) is 0 Å². The summed E-state index contributed by atoms with van der Waals surface area (Å²) in [6.45, 7) is 7.96. The standard InChI is InChI=1S/C13H23N5/c1-10-9-17(3)5-4-6-18(10)13-15-8-12(7-14)11(2)16-13/h8,10H,4-7,9,14H2,1-3H3. The van der Waals surface area contributed by atoms with Crippen LogP contribution in [-0.4, -0.2) is 47.6 Å². The van der Waals surface area contributed by atoms with Crippen molar-refractivity contribution in [2.45, 2.75) is 32.9 Å². The molecule has 0 amide bonds. The summed E-state index contributed by atoms with van der Waals surface area (Å²) < 4.78 is 0. The smallest absolute Gasteiger partial charge is 0.225 e. The van der Waals surface area contributed by atoms with Gasteiger partial charge in [-0.1, -0.05) is 0 Å². The molecule has 1 aromatic rings. The summed E-state index contributed by atoms with van der Waals surface area (Å²) in [7, 11) is 2.17. The molecule has 1 aliphatic heterocycles. The van der Waals surface area contributed by atoms with Crippen molar-refractivity contribution in [3.8, 4) is 0 Å². The summed E-state index contributed by atoms with van der Waals surface area (Å²) in [5, 5.41) is 0. The lowest BCUT2D eigenvalue weighted by atomic mass is 10.2. The van der Waals surface area contributed by atoms with Gasteiger partial charge < -0.3 is 15.5 Å². The minimum atomic E-state index is 0.445. The van der Waals surface area contributed by atoms with E-state index in [1.54, 1.807) is 0 Å². The molecule has 1 saturated heterocycles. The maximum absolute atomic E-state index is 5.65. The molecule has 0 aliphatic carbocycles. The third-order valence-electron chi connectivity index (χ3n) is 3.59. The van der Waals surface area contributed by atoms with E-state index >= 15 is 0 Å². The Morgan fingerprint density at radius 1 is 1.44 bits per heavy atom. The molecule has 0 radical (unpaired) electrons. The molecule has 1 aliphatic rings. The Bertz CT molecular complexity index is 406. The first-order chi connectivity index (χ1) is 8.61. The molecule has 5 nitrogen and oxygen atoms in total. The van der Waals surface area contributed by atoms with Gasteiger partial charge >= 0.3 is 0 Å². The molecule has 1 aromatic heterocycles. The molecular weight excluding hydrogens is 226 g/mol. The monoisotopic (exact) mass is 249 g/mol. The van der Waals surface area contributed by atoms with Crippen LogP contribution >= 0.6 is 0 Å². The molecule has 5 heteroatoms. The number of nitrogens with two attached hydrogens (primary N) is 1. The fourth-order valence-electron chi connectivity index (χ4n) is 2.49. The molecule has 2 rings (SSSR count). The Labute approximate surface area is 109 Å². The molecule has 0 spiro atoms. The topological polar surface area (TPSA) is 58.3 Å². The molecular formula is C13H23N5. The fraction of sp³-hybridized carbons (Fsp3) is 0.692. The third kappa shape index (κ3) is 2.79. The highest BCUT2D eigenvalue weighted by Crippen LogP contribution is 2.17. The van der Waals surface area contributed by atoms with Crippen LogP contribution < -0.4 is 10.6 Å². The van der Waals surface area contributed by atoms with Crippen molar-refractivity contribution in [3.05, 3.63) is 17.5 Å². The molecule has 1 atom stereocenters. The van der Waals surface area contributed by atoms with Gasteiger partial charge in [0.2, 0.25) is 5.95 Å². The first kappa shape index (κ1) is 13.2. The van der Waals surface area contributed by atoms with Crippen molar-refractivity contribution in [2.24, 2.45) is 5.73 Å². The average Bonchev–Trinajstić information content (AvgIpc) is 2.50. The fourth-order valence-corrected chi connectivity index (χ4v) is 2.49. The quantitative estimate of drug-likeness (QED) is 0.839. The van der Waals surface area contributed by atoms with Crippen molar-refractivity contribution in [2.75, 3.05) is 31.6 Å². The highest BCUT2D eigenvalue weighted by molar-refractivity contribution is 5.34. The molecule has 18 heavy (non-hydrogen) atoms. The van der Waals surface area contributed by atoms with Gasteiger partial charge in [-0.15, -0.1) is 0 Å². The highest BCUT2D eigenvalue weighted by Gasteiger charge is 2.22. The van der Waals surface area contributed by atoms with Crippen LogP contribution in [0.1, 0.15) is 24.6 Å². The zero-order valence-corrected chi connectivity index (χ0v) is 11.6. The number of aromatic nitrogens is 2. The van der Waals surface area contributed by atoms with Crippen LogP contribution in [0.4, 0.5) is 5.95 Å². The van der Waals surface area contributed by atoms with E-state index in [0.29, 0.717) is 12.6 Å². The Hall–Kier alpha value is -1.20. The van der Waals surface area contributed by atoms with Crippen LogP contribution in [0.25, 0.3) is 0 Å². The van der Waals surface area contributed by atoms with Gasteiger partial charge in [-0.3, -0.25) is 0 Å². The molecule has 1 fully saturated rings. The van der Waals surface area contributed by atoms with E-state index in [1.165, 1.54) is 0 Å². The number of aryl methyl sites for hydroxylation is 1. The van der Waals surface area contributed by atoms with Gasteiger partial charge in [0.25, 0.3) is 0 Å². The summed E-state index contributed by atoms with van der Waals surface area (Å²) >= 11 is 0. The van der Waals surface area contributed by atoms with E-state index in [1.807, 2.05) is 13.1 Å². The second kappa shape index (κ2) is 5.63. The second-order valence-electron chi connectivity index (χ2n) is 5.14. The molecule has 0 aromatic carbocycles. The van der Waals surface area contributed by atoms with Gasteiger partial charge in [0.1, 0.15) is 0 Å². The van der Waals surface area contributed by atoms with E-state index in [4.69, 9.17) is 5.73 Å². The van der Waals surface area contributed by atoms with Crippen LogP contribution in [0, 0.1) is 6.92 Å². The molecule has 100 valence electrons. The first-order valence-corrected chi connectivity index (χ1v) is 6.59. The molecule has 0 saturated carbocycles. The van der Waals surface area contributed by atoms with Crippen LogP contribution in [0.15, 0.2) is 6.20 Å². The lowest BCUT2D eigenvalue weighted by molar-refractivity contribution is 0.337. The number of rotatable bonds is 2. The van der Waals surface area contributed by atoms with Gasteiger partial charge in [0, 0.05) is 43.1 Å². The third-order valence-corrected chi connectivity index (χ3v) is 3.59. The molecule has 1 unspecified atom stereocenters. The maximum atomic E-state index is 5.65. The zero-order valence-electron chi connectivity index (χ0n) is 11.6. The summed E-state index contributed by atoms with van der Waals surface area (Å²) in [6, 6.07) is 0.445. The Morgan fingerprint density at radius 3 is 2.89 bits per heavy atom. The van der Waals surface area contributed by atoms with Crippen molar-refractivity contribution >= 4 is 5.95 Å². The number of anilines is 1. The van der Waals surface area contributed by atoms with Gasteiger partial charge in [-0.25, -0.2) is 9.97 Å². The van der Waals surface area contributed by atoms with E-state index in [2.05, 4.69) is 33.7 Å². The summed E-state index contributed by atoms with van der Waals surface area (Å²) in [4.78, 5) is 13.7. The Balaban J connectivity index is 2.21. The Morgan fingerprint density at radius 2 is 2.22 bits per heavy atom. The minimum Gasteiger partial charge on any atom is -0.337 e. The predicted octanol–water partition coefficient (Wildman–Crippen LogP) is 0.774. The van der Waals surface area contributed by atoms with Crippen molar-refractivity contribution < 1.29 is 0 Å². The van der Waals surface area contributed by atoms with E-state index < -0.39 is 0 Å². The van der Waals surface area contributed by atoms with Crippen molar-refractivity contribution in [1.82, 2.24) is 14.9 Å². The zero-order chi connectivity index (χ0) is 13.1. The van der Waals surface area contributed by atoms with Crippen molar-refractivity contribution in [1.29, 1.82) is 0 Å². The van der Waals surface area contributed by atoms with E-state index in [-0.39, 0.29) is 0 Å². The van der Waals surface area contributed by atoms with Crippen molar-refractivity contribution in [3.63, 3.8) is 0 Å². The largest absolute Gasteiger partial charge is 0.337 e. The molecule has 0 bridgehead atoms. The average molecular weight is 249 g/mol. The lowest BCUT2D eigenvalue weighted by Crippen LogP contribution is -2.39. The van der Waals surface area contributed by atoms with Gasteiger partial charge in [-0.2, -0.15) is 0 Å². The summed E-state index contributed by atoms with van der Waals surface area (Å²) in [5.74, 6) is 0.840. The Kier molecular flexibility index (Phi) is 4.14. The SMILES string of the molecule is Cc1nc(N2CCCN(C)CC2C)ncc1CN.